The van der Waals surface area contributed by atoms with Crippen LogP contribution < -0.4 is 14.8 Å². The molecule has 0 aliphatic heterocycles. The number of rotatable bonds is 8. The molecule has 0 saturated carbocycles. The maximum absolute atomic E-state index is 6.43. The van der Waals surface area contributed by atoms with E-state index in [2.05, 4.69) is 26.1 Å². The average molecular weight is 348 g/mol. The molecule has 0 unspecified atom stereocenters. The highest BCUT2D eigenvalue weighted by atomic mass is 35.5. The zero-order valence-corrected chi connectivity index (χ0v) is 15.6. The van der Waals surface area contributed by atoms with E-state index in [1.165, 1.54) is 0 Å². The molecule has 0 amide bonds. The molecule has 24 heavy (non-hydrogen) atoms. The quantitative estimate of drug-likeness (QED) is 0.711. The Morgan fingerprint density at radius 1 is 1.08 bits per heavy atom. The van der Waals surface area contributed by atoms with Crippen molar-refractivity contribution in [1.82, 2.24) is 5.32 Å². The summed E-state index contributed by atoms with van der Waals surface area (Å²) in [7, 11) is 1.63. The van der Waals surface area contributed by atoms with Crippen molar-refractivity contribution in [3.05, 3.63) is 58.6 Å². The third-order valence-corrected chi connectivity index (χ3v) is 4.45. The Labute approximate surface area is 149 Å². The van der Waals surface area contributed by atoms with E-state index in [1.807, 2.05) is 42.5 Å². The van der Waals surface area contributed by atoms with Crippen LogP contribution in [0.25, 0.3) is 0 Å². The van der Waals surface area contributed by atoms with E-state index in [9.17, 15) is 0 Å². The highest BCUT2D eigenvalue weighted by Crippen LogP contribution is 2.37. The Bertz CT molecular complexity index is 656. The summed E-state index contributed by atoms with van der Waals surface area (Å²) in [5, 5.41) is 4.09. The van der Waals surface area contributed by atoms with Crippen molar-refractivity contribution in [3.63, 3.8) is 0 Å². The number of nitrogens with one attached hydrogen (secondary N) is 1. The number of hydrogen-bond acceptors (Lipinski definition) is 3. The van der Waals surface area contributed by atoms with Gasteiger partial charge in [0.2, 0.25) is 0 Å². The topological polar surface area (TPSA) is 30.5 Å². The van der Waals surface area contributed by atoms with Crippen molar-refractivity contribution in [2.45, 2.75) is 45.9 Å². The lowest BCUT2D eigenvalue weighted by molar-refractivity contribution is 0.284. The number of ether oxygens (including phenoxy) is 2. The first-order valence-corrected chi connectivity index (χ1v) is 8.61. The second kappa shape index (κ2) is 8.41. The van der Waals surface area contributed by atoms with Gasteiger partial charge in [-0.05, 0) is 43.5 Å². The van der Waals surface area contributed by atoms with Crippen LogP contribution in [0.5, 0.6) is 11.5 Å². The fourth-order valence-electron chi connectivity index (χ4n) is 2.21. The highest BCUT2D eigenvalue weighted by molar-refractivity contribution is 6.32. The lowest BCUT2D eigenvalue weighted by Gasteiger charge is -2.25. The zero-order chi connectivity index (χ0) is 17.6. The third kappa shape index (κ3) is 5.15. The zero-order valence-electron chi connectivity index (χ0n) is 14.9. The fraction of sp³-hybridized carbons (Fsp3) is 0.400. The van der Waals surface area contributed by atoms with Gasteiger partial charge in [-0.1, -0.05) is 48.9 Å². The molecule has 0 heterocycles. The molecule has 2 aromatic carbocycles. The van der Waals surface area contributed by atoms with E-state index in [-0.39, 0.29) is 5.54 Å². The summed E-state index contributed by atoms with van der Waals surface area (Å²) >= 11 is 6.43. The first-order valence-electron chi connectivity index (χ1n) is 8.23. The number of benzene rings is 2. The molecular formula is C20H26ClNO2. The van der Waals surface area contributed by atoms with Gasteiger partial charge < -0.3 is 14.8 Å². The molecular weight excluding hydrogens is 322 g/mol. The number of hydrogen-bond donors (Lipinski definition) is 1. The summed E-state index contributed by atoms with van der Waals surface area (Å²) in [6.07, 6.45) is 1.05. The SMILES string of the molecule is CCC(C)(C)NCc1cc(Cl)c(OCc2ccccc2)c(OC)c1. The monoisotopic (exact) mass is 347 g/mol. The predicted molar refractivity (Wildman–Crippen MR) is 100.0 cm³/mol. The predicted octanol–water partition coefficient (Wildman–Crippen LogP) is 5.21. The summed E-state index contributed by atoms with van der Waals surface area (Å²) in [6, 6.07) is 13.9. The molecule has 130 valence electrons. The molecule has 0 bridgehead atoms. The van der Waals surface area contributed by atoms with Gasteiger partial charge in [-0.2, -0.15) is 0 Å². The molecule has 3 nitrogen and oxygen atoms in total. The highest BCUT2D eigenvalue weighted by Gasteiger charge is 2.16. The Kier molecular flexibility index (Phi) is 6.52. The second-order valence-electron chi connectivity index (χ2n) is 6.47. The molecule has 0 radical (unpaired) electrons. The molecule has 2 aromatic rings. The largest absolute Gasteiger partial charge is 0.493 e. The van der Waals surface area contributed by atoms with Crippen molar-refractivity contribution in [1.29, 1.82) is 0 Å². The van der Waals surface area contributed by atoms with Gasteiger partial charge in [-0.25, -0.2) is 0 Å². The van der Waals surface area contributed by atoms with Gasteiger partial charge in [0.1, 0.15) is 6.61 Å². The van der Waals surface area contributed by atoms with E-state index >= 15 is 0 Å². The molecule has 0 saturated heterocycles. The van der Waals surface area contributed by atoms with Crippen LogP contribution in [0.15, 0.2) is 42.5 Å². The standard InChI is InChI=1S/C20H26ClNO2/c1-5-20(2,3)22-13-16-11-17(21)19(18(12-16)23-4)24-14-15-9-7-6-8-10-15/h6-12,22H,5,13-14H2,1-4H3. The second-order valence-corrected chi connectivity index (χ2v) is 6.88. The van der Waals surface area contributed by atoms with Gasteiger partial charge in [0, 0.05) is 12.1 Å². The van der Waals surface area contributed by atoms with E-state index in [0.29, 0.717) is 23.1 Å². The van der Waals surface area contributed by atoms with Crippen molar-refractivity contribution in [2.75, 3.05) is 7.11 Å². The third-order valence-electron chi connectivity index (χ3n) is 4.17. The summed E-state index contributed by atoms with van der Waals surface area (Å²) in [5.74, 6) is 1.24. The van der Waals surface area contributed by atoms with Gasteiger partial charge >= 0.3 is 0 Å². The number of methoxy groups -OCH3 is 1. The molecule has 0 spiro atoms. The van der Waals surface area contributed by atoms with E-state index in [0.717, 1.165) is 24.1 Å². The molecule has 0 fully saturated rings. The van der Waals surface area contributed by atoms with Crippen LogP contribution in [-0.2, 0) is 13.2 Å². The van der Waals surface area contributed by atoms with Crippen LogP contribution in [0.1, 0.15) is 38.3 Å². The maximum Gasteiger partial charge on any atom is 0.180 e. The van der Waals surface area contributed by atoms with Gasteiger partial charge in [0.25, 0.3) is 0 Å². The minimum Gasteiger partial charge on any atom is -0.493 e. The van der Waals surface area contributed by atoms with Crippen molar-refractivity contribution >= 4 is 11.6 Å². The van der Waals surface area contributed by atoms with Crippen LogP contribution in [0.3, 0.4) is 0 Å². The Morgan fingerprint density at radius 2 is 1.79 bits per heavy atom. The van der Waals surface area contributed by atoms with Gasteiger partial charge in [-0.3, -0.25) is 0 Å². The van der Waals surface area contributed by atoms with Crippen molar-refractivity contribution in [2.24, 2.45) is 0 Å². The minimum absolute atomic E-state index is 0.0855. The van der Waals surface area contributed by atoms with Crippen LogP contribution in [-0.4, -0.2) is 12.6 Å². The first-order chi connectivity index (χ1) is 11.4. The fourth-order valence-corrected chi connectivity index (χ4v) is 2.50. The lowest BCUT2D eigenvalue weighted by atomic mass is 10.0. The summed E-state index contributed by atoms with van der Waals surface area (Å²) in [6.45, 7) is 7.72. The average Bonchev–Trinajstić information content (AvgIpc) is 2.59. The van der Waals surface area contributed by atoms with Crippen molar-refractivity contribution in [3.8, 4) is 11.5 Å². The van der Waals surface area contributed by atoms with E-state index in [1.54, 1.807) is 7.11 Å². The first kappa shape index (κ1) is 18.6. The minimum atomic E-state index is 0.0855. The van der Waals surface area contributed by atoms with E-state index < -0.39 is 0 Å². The molecule has 0 atom stereocenters. The molecule has 0 aromatic heterocycles. The van der Waals surface area contributed by atoms with E-state index in [4.69, 9.17) is 21.1 Å². The summed E-state index contributed by atoms with van der Waals surface area (Å²) < 4.78 is 11.4. The Hall–Kier alpha value is -1.71. The van der Waals surface area contributed by atoms with Crippen LogP contribution >= 0.6 is 11.6 Å². The van der Waals surface area contributed by atoms with Gasteiger partial charge in [-0.15, -0.1) is 0 Å². The maximum atomic E-state index is 6.43. The van der Waals surface area contributed by atoms with Crippen LogP contribution in [0, 0.1) is 0 Å². The normalized spacial score (nSPS) is 11.4. The summed E-state index contributed by atoms with van der Waals surface area (Å²) in [5.41, 5.74) is 2.25. The molecule has 1 N–H and O–H groups in total. The summed E-state index contributed by atoms with van der Waals surface area (Å²) in [4.78, 5) is 0. The Morgan fingerprint density at radius 3 is 2.42 bits per heavy atom. The molecule has 0 aliphatic rings. The van der Waals surface area contributed by atoms with Gasteiger partial charge in [0.15, 0.2) is 11.5 Å². The molecule has 4 heteroatoms. The van der Waals surface area contributed by atoms with Crippen LogP contribution in [0.2, 0.25) is 5.02 Å². The smallest absolute Gasteiger partial charge is 0.180 e. The van der Waals surface area contributed by atoms with Gasteiger partial charge in [0.05, 0.1) is 12.1 Å². The van der Waals surface area contributed by atoms with Crippen molar-refractivity contribution < 1.29 is 9.47 Å². The molecule has 2 rings (SSSR count). The Balaban J connectivity index is 2.12. The van der Waals surface area contributed by atoms with Crippen LogP contribution in [0.4, 0.5) is 0 Å². The molecule has 0 aliphatic carbocycles. The lowest BCUT2D eigenvalue weighted by Crippen LogP contribution is -2.37. The number of halogens is 1.